The van der Waals surface area contributed by atoms with E-state index < -0.39 is 10.0 Å². The van der Waals surface area contributed by atoms with Gasteiger partial charge < -0.3 is 10.2 Å². The van der Waals surface area contributed by atoms with E-state index >= 15 is 0 Å². The fraction of sp³-hybridized carbons (Fsp3) is 0.273. The van der Waals surface area contributed by atoms with Crippen molar-refractivity contribution in [2.75, 3.05) is 29.9 Å². The third-order valence-corrected chi connectivity index (χ3v) is 7.00. The van der Waals surface area contributed by atoms with Gasteiger partial charge in [0.05, 0.1) is 11.4 Å². The van der Waals surface area contributed by atoms with Crippen molar-refractivity contribution in [2.45, 2.75) is 12.8 Å². The summed E-state index contributed by atoms with van der Waals surface area (Å²) < 4.78 is 26.7. The van der Waals surface area contributed by atoms with E-state index in [2.05, 4.69) is 5.32 Å². The maximum absolute atomic E-state index is 13.1. The number of rotatable bonds is 4. The standard InChI is InChI=1S/C22H23N3O4S/c26-21-16-25(20-9-5-4-8-19(20)23-21)22(27)18-10-13-24(14-11-18)30(28,29)15-12-17-6-2-1-3-7-17/h1-9,12,15,18H,10-11,13-14,16H2,(H,23,26)/b15-12+. The van der Waals surface area contributed by atoms with Crippen molar-refractivity contribution in [1.29, 1.82) is 0 Å². The molecule has 2 amide bonds. The summed E-state index contributed by atoms with van der Waals surface area (Å²) in [7, 11) is -3.55. The fourth-order valence-electron chi connectivity index (χ4n) is 3.82. The molecule has 0 bridgehead atoms. The van der Waals surface area contributed by atoms with Gasteiger partial charge in [0.1, 0.15) is 6.54 Å². The largest absolute Gasteiger partial charge is 0.323 e. The van der Waals surface area contributed by atoms with Gasteiger partial charge in [0.2, 0.25) is 21.8 Å². The lowest BCUT2D eigenvalue weighted by molar-refractivity contribution is -0.125. The maximum atomic E-state index is 13.1. The van der Waals surface area contributed by atoms with Gasteiger partial charge in [-0.2, -0.15) is 4.31 Å². The molecular formula is C22H23N3O4S. The lowest BCUT2D eigenvalue weighted by Crippen LogP contribution is -2.48. The van der Waals surface area contributed by atoms with Crippen LogP contribution in [0.25, 0.3) is 6.08 Å². The quantitative estimate of drug-likeness (QED) is 0.816. The number of hydrogen-bond acceptors (Lipinski definition) is 4. The van der Waals surface area contributed by atoms with Gasteiger partial charge in [0.15, 0.2) is 0 Å². The molecule has 8 heteroatoms. The smallest absolute Gasteiger partial charge is 0.244 e. The highest BCUT2D eigenvalue weighted by Gasteiger charge is 2.35. The number of hydrogen-bond donors (Lipinski definition) is 1. The van der Waals surface area contributed by atoms with Crippen LogP contribution in [0.15, 0.2) is 60.0 Å². The SMILES string of the molecule is O=C1CN(C(=O)C2CCN(S(=O)(=O)/C=C/c3ccccc3)CC2)c2ccccc2N1. The summed E-state index contributed by atoms with van der Waals surface area (Å²) in [5, 5.41) is 3.99. The molecule has 2 aromatic rings. The van der Waals surface area contributed by atoms with Gasteiger partial charge in [-0.1, -0.05) is 42.5 Å². The number of anilines is 2. The summed E-state index contributed by atoms with van der Waals surface area (Å²) in [4.78, 5) is 26.6. The molecule has 2 aliphatic heterocycles. The van der Waals surface area contributed by atoms with E-state index in [9.17, 15) is 18.0 Å². The molecule has 0 atom stereocenters. The van der Waals surface area contributed by atoms with E-state index in [1.807, 2.05) is 36.4 Å². The third kappa shape index (κ3) is 4.29. The molecule has 0 unspecified atom stereocenters. The van der Waals surface area contributed by atoms with Crippen LogP contribution in [-0.4, -0.2) is 44.2 Å². The Morgan fingerprint density at radius 2 is 1.67 bits per heavy atom. The minimum absolute atomic E-state index is 0.0197. The summed E-state index contributed by atoms with van der Waals surface area (Å²) in [6.07, 6.45) is 2.44. The first-order valence-corrected chi connectivity index (χ1v) is 11.4. The zero-order valence-electron chi connectivity index (χ0n) is 16.4. The van der Waals surface area contributed by atoms with Crippen LogP contribution in [0, 0.1) is 5.92 Å². The lowest BCUT2D eigenvalue weighted by Gasteiger charge is -2.35. The number of piperidine rings is 1. The van der Waals surface area contributed by atoms with Crippen molar-refractivity contribution < 1.29 is 18.0 Å². The average molecular weight is 426 g/mol. The van der Waals surface area contributed by atoms with Crippen molar-refractivity contribution in [3.8, 4) is 0 Å². The van der Waals surface area contributed by atoms with E-state index in [0.717, 1.165) is 5.56 Å². The summed E-state index contributed by atoms with van der Waals surface area (Å²) in [5.41, 5.74) is 2.12. The normalized spacial score (nSPS) is 18.3. The Morgan fingerprint density at radius 1 is 1.00 bits per heavy atom. The first kappa shape index (κ1) is 20.3. The van der Waals surface area contributed by atoms with Gasteiger partial charge in [-0.3, -0.25) is 9.59 Å². The molecule has 2 aliphatic rings. The number of para-hydroxylation sites is 2. The topological polar surface area (TPSA) is 86.8 Å². The molecule has 0 aliphatic carbocycles. The molecule has 1 saturated heterocycles. The maximum Gasteiger partial charge on any atom is 0.244 e. The van der Waals surface area contributed by atoms with Gasteiger partial charge in [0, 0.05) is 24.4 Å². The average Bonchev–Trinajstić information content (AvgIpc) is 2.77. The molecule has 2 aromatic carbocycles. The number of amides is 2. The molecule has 1 fully saturated rings. The second-order valence-corrected chi connectivity index (χ2v) is 9.24. The predicted octanol–water partition coefficient (Wildman–Crippen LogP) is 2.68. The molecule has 7 nitrogen and oxygen atoms in total. The van der Waals surface area contributed by atoms with Crippen molar-refractivity contribution in [2.24, 2.45) is 5.92 Å². The van der Waals surface area contributed by atoms with Crippen molar-refractivity contribution in [3.05, 3.63) is 65.6 Å². The minimum Gasteiger partial charge on any atom is -0.323 e. The van der Waals surface area contributed by atoms with E-state index in [1.54, 1.807) is 24.3 Å². The van der Waals surface area contributed by atoms with Crippen molar-refractivity contribution in [1.82, 2.24) is 4.31 Å². The molecule has 1 N–H and O–H groups in total. The molecule has 0 saturated carbocycles. The molecular weight excluding hydrogens is 402 g/mol. The van der Waals surface area contributed by atoms with Gasteiger partial charge >= 0.3 is 0 Å². The highest BCUT2D eigenvalue weighted by atomic mass is 32.2. The number of sulfonamides is 1. The van der Waals surface area contributed by atoms with E-state index in [4.69, 9.17) is 0 Å². The Morgan fingerprint density at radius 3 is 2.40 bits per heavy atom. The number of carbonyl (C=O) groups excluding carboxylic acids is 2. The molecule has 156 valence electrons. The van der Waals surface area contributed by atoms with Gasteiger partial charge in [-0.05, 0) is 36.6 Å². The molecule has 0 aromatic heterocycles. The van der Waals surface area contributed by atoms with Crippen LogP contribution in [0.3, 0.4) is 0 Å². The second kappa shape index (κ2) is 8.41. The van der Waals surface area contributed by atoms with Crippen LogP contribution in [0.1, 0.15) is 18.4 Å². The van der Waals surface area contributed by atoms with Crippen LogP contribution in [0.5, 0.6) is 0 Å². The number of nitrogens with zero attached hydrogens (tertiary/aromatic N) is 2. The van der Waals surface area contributed by atoms with Crippen LogP contribution in [0.2, 0.25) is 0 Å². The third-order valence-electron chi connectivity index (χ3n) is 5.43. The van der Waals surface area contributed by atoms with Crippen LogP contribution >= 0.6 is 0 Å². The lowest BCUT2D eigenvalue weighted by atomic mass is 9.95. The Kier molecular flexibility index (Phi) is 5.69. The zero-order chi connectivity index (χ0) is 21.1. The summed E-state index contributed by atoms with van der Waals surface area (Å²) in [6.45, 7) is 0.535. The Hall–Kier alpha value is -2.97. The van der Waals surface area contributed by atoms with Gasteiger partial charge in [-0.15, -0.1) is 0 Å². The number of nitrogens with one attached hydrogen (secondary N) is 1. The number of benzene rings is 2. The molecule has 4 rings (SSSR count). The van der Waals surface area contributed by atoms with Crippen molar-refractivity contribution >= 4 is 39.3 Å². The molecule has 2 heterocycles. The highest BCUT2D eigenvalue weighted by molar-refractivity contribution is 7.92. The van der Waals surface area contributed by atoms with E-state index in [-0.39, 0.29) is 37.4 Å². The molecule has 30 heavy (non-hydrogen) atoms. The van der Waals surface area contributed by atoms with Crippen molar-refractivity contribution in [3.63, 3.8) is 0 Å². The Balaban J connectivity index is 1.42. The van der Waals surface area contributed by atoms with Crippen LogP contribution in [0.4, 0.5) is 11.4 Å². The highest BCUT2D eigenvalue weighted by Crippen LogP contribution is 2.32. The second-order valence-electron chi connectivity index (χ2n) is 7.42. The predicted molar refractivity (Wildman–Crippen MR) is 116 cm³/mol. The van der Waals surface area contributed by atoms with Crippen LogP contribution < -0.4 is 10.2 Å². The summed E-state index contributed by atoms with van der Waals surface area (Å²) in [6, 6.07) is 16.4. The monoisotopic (exact) mass is 425 g/mol. The molecule has 0 spiro atoms. The van der Waals surface area contributed by atoms with E-state index in [1.165, 1.54) is 14.6 Å². The number of fused-ring (bicyclic) bond motifs is 1. The van der Waals surface area contributed by atoms with E-state index in [0.29, 0.717) is 24.2 Å². The summed E-state index contributed by atoms with van der Waals surface area (Å²) in [5.74, 6) is -0.671. The zero-order valence-corrected chi connectivity index (χ0v) is 17.2. The van der Waals surface area contributed by atoms with Gasteiger partial charge in [-0.25, -0.2) is 8.42 Å². The first-order valence-electron chi connectivity index (χ1n) is 9.87. The Bertz CT molecular complexity index is 1070. The number of carbonyl (C=O) groups is 2. The Labute approximate surface area is 176 Å². The molecule has 0 radical (unpaired) electrons. The van der Waals surface area contributed by atoms with Crippen LogP contribution in [-0.2, 0) is 19.6 Å². The first-order chi connectivity index (χ1) is 14.4. The van der Waals surface area contributed by atoms with Gasteiger partial charge in [0.25, 0.3) is 0 Å². The summed E-state index contributed by atoms with van der Waals surface area (Å²) >= 11 is 0. The fourth-order valence-corrected chi connectivity index (χ4v) is 5.04. The minimum atomic E-state index is -3.55.